The van der Waals surface area contributed by atoms with Crippen LogP contribution in [0.2, 0.25) is 0 Å². The first-order chi connectivity index (χ1) is 11.8. The highest BCUT2D eigenvalue weighted by Crippen LogP contribution is 2.29. The van der Waals surface area contributed by atoms with Gasteiger partial charge in [0.25, 0.3) is 0 Å². The Morgan fingerprint density at radius 1 is 0.917 bits per heavy atom. The van der Waals surface area contributed by atoms with Crippen LogP contribution in [-0.4, -0.2) is 12.7 Å². The zero-order chi connectivity index (χ0) is 17.0. The fourth-order valence-electron chi connectivity index (χ4n) is 3.75. The van der Waals surface area contributed by atoms with E-state index >= 15 is 0 Å². The third kappa shape index (κ3) is 8.07. The molecule has 2 rings (SSSR count). The summed E-state index contributed by atoms with van der Waals surface area (Å²) in [6, 6.07) is 8.64. The van der Waals surface area contributed by atoms with Crippen molar-refractivity contribution in [2.75, 3.05) is 6.61 Å². The lowest BCUT2D eigenvalue weighted by molar-refractivity contribution is 0.0153. The van der Waals surface area contributed by atoms with E-state index in [1.165, 1.54) is 82.6 Å². The van der Waals surface area contributed by atoms with Crippen LogP contribution in [0.5, 0.6) is 0 Å². The average molecular weight is 349 g/mol. The Morgan fingerprint density at radius 3 is 2.29 bits per heavy atom. The van der Waals surface area contributed by atoms with Crippen LogP contribution in [0.15, 0.2) is 29.2 Å². The third-order valence-electron chi connectivity index (χ3n) is 5.42. The lowest BCUT2D eigenvalue weighted by Gasteiger charge is -2.28. The van der Waals surface area contributed by atoms with Gasteiger partial charge >= 0.3 is 0 Å². The Morgan fingerprint density at radius 2 is 1.58 bits per heavy atom. The molecule has 2 heteroatoms. The average Bonchev–Trinajstić information content (AvgIpc) is 2.61. The normalized spacial score (nSPS) is 21.1. The molecule has 1 aromatic carbocycles. The van der Waals surface area contributed by atoms with Crippen LogP contribution in [-0.2, 0) is 11.2 Å². The van der Waals surface area contributed by atoms with Gasteiger partial charge in [0.15, 0.2) is 0 Å². The number of hydrogen-bond donors (Lipinski definition) is 1. The first kappa shape index (κ1) is 19.8. The lowest BCUT2D eigenvalue weighted by Crippen LogP contribution is -2.22. The van der Waals surface area contributed by atoms with Crippen molar-refractivity contribution in [1.29, 1.82) is 0 Å². The van der Waals surface area contributed by atoms with Gasteiger partial charge in [-0.05, 0) is 68.6 Å². The van der Waals surface area contributed by atoms with Crippen molar-refractivity contribution >= 4 is 12.6 Å². The van der Waals surface area contributed by atoms with Crippen LogP contribution in [0.3, 0.4) is 0 Å². The van der Waals surface area contributed by atoms with Gasteiger partial charge in [-0.1, -0.05) is 51.2 Å². The molecule has 1 aliphatic carbocycles. The zero-order valence-electron chi connectivity index (χ0n) is 15.5. The maximum Gasteiger partial charge on any atom is 0.0575 e. The number of aryl methyl sites for hydroxylation is 1. The number of benzene rings is 1. The molecule has 1 fully saturated rings. The molecular formula is C22H36OS. The van der Waals surface area contributed by atoms with Crippen molar-refractivity contribution in [3.63, 3.8) is 0 Å². The molecular weight excluding hydrogens is 312 g/mol. The standard InChI is InChI=1S/C22H36OS/c1-2-3-4-5-6-7-18-23-21-14-10-19(11-15-21)8-9-20-12-16-22(24)17-13-20/h12-13,16-17,19,21,24H,2-11,14-15,18H2,1H3. The van der Waals surface area contributed by atoms with Crippen LogP contribution in [0, 0.1) is 5.92 Å². The van der Waals surface area contributed by atoms with Crippen molar-refractivity contribution in [2.45, 2.75) is 95.0 Å². The van der Waals surface area contributed by atoms with E-state index in [1.54, 1.807) is 0 Å². The number of thiol groups is 1. The molecule has 0 bridgehead atoms. The SMILES string of the molecule is CCCCCCCCOC1CCC(CCc2ccc(S)cc2)CC1. The van der Waals surface area contributed by atoms with Gasteiger partial charge in [0.1, 0.15) is 0 Å². The Labute approximate surface area is 155 Å². The molecule has 1 aliphatic rings. The second-order valence-corrected chi connectivity index (χ2v) is 8.00. The maximum absolute atomic E-state index is 6.11. The number of rotatable bonds is 11. The van der Waals surface area contributed by atoms with Gasteiger partial charge in [-0.15, -0.1) is 12.6 Å². The summed E-state index contributed by atoms with van der Waals surface area (Å²) >= 11 is 4.35. The molecule has 24 heavy (non-hydrogen) atoms. The molecule has 0 unspecified atom stereocenters. The predicted molar refractivity (Wildman–Crippen MR) is 107 cm³/mol. The molecule has 0 radical (unpaired) electrons. The van der Waals surface area contributed by atoms with Crippen molar-refractivity contribution in [2.24, 2.45) is 5.92 Å². The summed E-state index contributed by atoms with van der Waals surface area (Å²) in [5.41, 5.74) is 1.45. The fourth-order valence-corrected chi connectivity index (χ4v) is 3.90. The molecule has 0 amide bonds. The largest absolute Gasteiger partial charge is 0.378 e. The van der Waals surface area contributed by atoms with Crippen LogP contribution in [0.4, 0.5) is 0 Å². The quantitative estimate of drug-likeness (QED) is 0.340. The smallest absolute Gasteiger partial charge is 0.0575 e. The zero-order valence-corrected chi connectivity index (χ0v) is 16.4. The molecule has 1 nitrogen and oxygen atoms in total. The van der Waals surface area contributed by atoms with Gasteiger partial charge in [-0.25, -0.2) is 0 Å². The minimum absolute atomic E-state index is 0.542. The summed E-state index contributed by atoms with van der Waals surface area (Å²) in [6.07, 6.45) is 16.5. The van der Waals surface area contributed by atoms with E-state index in [9.17, 15) is 0 Å². The van der Waals surface area contributed by atoms with Crippen LogP contribution in [0.25, 0.3) is 0 Å². The molecule has 1 saturated carbocycles. The first-order valence-corrected chi connectivity index (χ1v) is 10.6. The summed E-state index contributed by atoms with van der Waals surface area (Å²) < 4.78 is 6.11. The van der Waals surface area contributed by atoms with E-state index in [2.05, 4.69) is 43.8 Å². The number of ether oxygens (including phenoxy) is 1. The highest BCUT2D eigenvalue weighted by atomic mass is 32.1. The van der Waals surface area contributed by atoms with Gasteiger partial charge in [-0.2, -0.15) is 0 Å². The van der Waals surface area contributed by atoms with Gasteiger partial charge < -0.3 is 4.74 Å². The van der Waals surface area contributed by atoms with Crippen LogP contribution < -0.4 is 0 Å². The highest BCUT2D eigenvalue weighted by molar-refractivity contribution is 7.80. The van der Waals surface area contributed by atoms with E-state index in [1.807, 2.05) is 0 Å². The Balaban J connectivity index is 1.49. The van der Waals surface area contributed by atoms with Gasteiger partial charge in [0.2, 0.25) is 0 Å². The molecule has 0 aliphatic heterocycles. The molecule has 0 aromatic heterocycles. The summed E-state index contributed by atoms with van der Waals surface area (Å²) in [5, 5.41) is 0. The highest BCUT2D eigenvalue weighted by Gasteiger charge is 2.21. The molecule has 136 valence electrons. The van der Waals surface area contributed by atoms with Crippen molar-refractivity contribution in [3.8, 4) is 0 Å². The van der Waals surface area contributed by atoms with E-state index in [-0.39, 0.29) is 0 Å². The molecule has 0 spiro atoms. The second kappa shape index (κ2) is 12.0. The topological polar surface area (TPSA) is 9.23 Å². The Bertz CT molecular complexity index is 420. The molecule has 0 N–H and O–H groups in total. The minimum Gasteiger partial charge on any atom is -0.378 e. The van der Waals surface area contributed by atoms with Gasteiger partial charge in [0.05, 0.1) is 6.10 Å². The first-order valence-electron chi connectivity index (χ1n) is 10.2. The van der Waals surface area contributed by atoms with Gasteiger partial charge in [0, 0.05) is 11.5 Å². The van der Waals surface area contributed by atoms with E-state index < -0.39 is 0 Å². The summed E-state index contributed by atoms with van der Waals surface area (Å²) in [5.74, 6) is 0.898. The maximum atomic E-state index is 6.11. The molecule has 0 heterocycles. The van der Waals surface area contributed by atoms with Gasteiger partial charge in [-0.3, -0.25) is 0 Å². The van der Waals surface area contributed by atoms with E-state index in [0.29, 0.717) is 6.10 Å². The number of unbranched alkanes of at least 4 members (excludes halogenated alkanes) is 5. The van der Waals surface area contributed by atoms with E-state index in [4.69, 9.17) is 4.74 Å². The van der Waals surface area contributed by atoms with Crippen LogP contribution in [0.1, 0.15) is 83.1 Å². The lowest BCUT2D eigenvalue weighted by atomic mass is 9.84. The third-order valence-corrected chi connectivity index (χ3v) is 5.72. The molecule has 1 aromatic rings. The summed E-state index contributed by atoms with van der Waals surface area (Å²) in [4.78, 5) is 1.06. The predicted octanol–water partition coefficient (Wildman–Crippen LogP) is 6.84. The van der Waals surface area contributed by atoms with Crippen molar-refractivity contribution in [3.05, 3.63) is 29.8 Å². The Hall–Kier alpha value is -0.470. The fraction of sp³-hybridized carbons (Fsp3) is 0.727. The molecule has 0 saturated heterocycles. The summed E-state index contributed by atoms with van der Waals surface area (Å²) in [6.45, 7) is 3.26. The number of hydrogen-bond acceptors (Lipinski definition) is 2. The monoisotopic (exact) mass is 348 g/mol. The van der Waals surface area contributed by atoms with Crippen LogP contribution >= 0.6 is 12.6 Å². The van der Waals surface area contributed by atoms with Crippen molar-refractivity contribution < 1.29 is 4.74 Å². The Kier molecular flexibility index (Phi) is 9.91. The van der Waals surface area contributed by atoms with E-state index in [0.717, 1.165) is 17.4 Å². The summed E-state index contributed by atoms with van der Waals surface area (Å²) in [7, 11) is 0. The second-order valence-electron chi connectivity index (χ2n) is 7.49. The molecule has 0 atom stereocenters. The minimum atomic E-state index is 0.542. The van der Waals surface area contributed by atoms with Crippen molar-refractivity contribution in [1.82, 2.24) is 0 Å².